The van der Waals surface area contributed by atoms with Gasteiger partial charge in [0.2, 0.25) is 15.9 Å². The largest absolute Gasteiger partial charge is 0.323 e. The second-order valence-electron chi connectivity index (χ2n) is 5.60. The van der Waals surface area contributed by atoms with Gasteiger partial charge in [-0.05, 0) is 17.7 Å². The van der Waals surface area contributed by atoms with Crippen molar-refractivity contribution < 1.29 is 26.4 Å². The lowest BCUT2D eigenvalue weighted by atomic mass is 10.2. The predicted octanol–water partition coefficient (Wildman–Crippen LogP) is 2.89. The van der Waals surface area contributed by atoms with E-state index in [1.807, 2.05) is 0 Å². The van der Waals surface area contributed by atoms with Gasteiger partial charge in [-0.1, -0.05) is 30.3 Å². The number of carbonyl (C=O) groups excluding carboxylic acids is 1. The zero-order valence-corrected chi connectivity index (χ0v) is 14.7. The molecule has 0 aliphatic heterocycles. The van der Waals surface area contributed by atoms with Gasteiger partial charge in [-0.2, -0.15) is 4.31 Å². The molecule has 2 aromatic carbocycles. The molecule has 1 amide bonds. The number of nitrogens with zero attached hydrogens (tertiary/aromatic N) is 1. The lowest BCUT2D eigenvalue weighted by Gasteiger charge is -2.20. The maximum absolute atomic E-state index is 13.6. The van der Waals surface area contributed by atoms with Crippen LogP contribution >= 0.6 is 0 Å². The summed E-state index contributed by atoms with van der Waals surface area (Å²) in [5.41, 5.74) is 0.229. The lowest BCUT2D eigenvalue weighted by Crippen LogP contribution is -2.32. The minimum absolute atomic E-state index is 0.0759. The number of hydrogen-bond acceptors (Lipinski definition) is 3. The van der Waals surface area contributed by atoms with Crippen LogP contribution in [0.5, 0.6) is 0 Å². The molecular weight excluding hydrogens is 369 g/mol. The average molecular weight is 386 g/mol. The van der Waals surface area contributed by atoms with Crippen molar-refractivity contribution in [1.29, 1.82) is 0 Å². The minimum atomic E-state index is -3.58. The van der Waals surface area contributed by atoms with Crippen LogP contribution in [0.4, 0.5) is 18.9 Å². The normalized spacial score (nSPS) is 11.6. The summed E-state index contributed by atoms with van der Waals surface area (Å²) in [6, 6.07) is 10.4. The van der Waals surface area contributed by atoms with Crippen molar-refractivity contribution in [2.75, 3.05) is 18.1 Å². The fourth-order valence-corrected chi connectivity index (χ4v) is 3.02. The third-order valence-electron chi connectivity index (χ3n) is 3.57. The number of rotatable bonds is 7. The van der Waals surface area contributed by atoms with Crippen LogP contribution in [0.3, 0.4) is 0 Å². The second-order valence-corrected chi connectivity index (χ2v) is 7.59. The monoisotopic (exact) mass is 386 g/mol. The molecule has 0 unspecified atom stereocenters. The summed E-state index contributed by atoms with van der Waals surface area (Å²) >= 11 is 0. The Bertz CT molecular complexity index is 890. The number of amides is 1. The zero-order chi connectivity index (χ0) is 19.3. The molecule has 0 radical (unpaired) electrons. The van der Waals surface area contributed by atoms with E-state index in [-0.39, 0.29) is 19.5 Å². The van der Waals surface area contributed by atoms with E-state index >= 15 is 0 Å². The SMILES string of the molecule is CS(=O)(=O)N(CCC(=O)Nc1ccc(F)c(F)c1F)Cc1ccccc1. The van der Waals surface area contributed by atoms with E-state index in [1.54, 1.807) is 30.3 Å². The van der Waals surface area contributed by atoms with Gasteiger partial charge in [-0.3, -0.25) is 4.79 Å². The van der Waals surface area contributed by atoms with Crippen LogP contribution in [-0.4, -0.2) is 31.4 Å². The van der Waals surface area contributed by atoms with Gasteiger partial charge >= 0.3 is 0 Å². The van der Waals surface area contributed by atoms with E-state index in [4.69, 9.17) is 0 Å². The molecule has 0 saturated heterocycles. The zero-order valence-electron chi connectivity index (χ0n) is 13.9. The Morgan fingerprint density at radius 2 is 1.69 bits per heavy atom. The molecule has 0 fully saturated rings. The van der Waals surface area contributed by atoms with Crippen LogP contribution in [0, 0.1) is 17.5 Å². The molecule has 0 aromatic heterocycles. The van der Waals surface area contributed by atoms with Gasteiger partial charge in [0.1, 0.15) is 0 Å². The van der Waals surface area contributed by atoms with Crippen molar-refractivity contribution in [3.63, 3.8) is 0 Å². The van der Waals surface area contributed by atoms with E-state index in [0.717, 1.165) is 22.2 Å². The molecule has 0 aliphatic carbocycles. The Kier molecular flexibility index (Phi) is 6.38. The smallest absolute Gasteiger partial charge is 0.225 e. The first-order valence-electron chi connectivity index (χ1n) is 7.61. The highest BCUT2D eigenvalue weighted by molar-refractivity contribution is 7.88. The summed E-state index contributed by atoms with van der Waals surface area (Å²) in [7, 11) is -3.58. The van der Waals surface area contributed by atoms with Crippen LogP contribution in [0.1, 0.15) is 12.0 Å². The summed E-state index contributed by atoms with van der Waals surface area (Å²) in [5, 5.41) is 2.11. The van der Waals surface area contributed by atoms with E-state index in [9.17, 15) is 26.4 Å². The molecule has 5 nitrogen and oxygen atoms in total. The van der Waals surface area contributed by atoms with Crippen molar-refractivity contribution in [1.82, 2.24) is 4.31 Å². The first-order valence-corrected chi connectivity index (χ1v) is 9.45. The Balaban J connectivity index is 2.02. The quantitative estimate of drug-likeness (QED) is 0.744. The lowest BCUT2D eigenvalue weighted by molar-refractivity contribution is -0.116. The molecule has 0 saturated carbocycles. The van der Waals surface area contributed by atoms with Gasteiger partial charge in [0.15, 0.2) is 17.5 Å². The van der Waals surface area contributed by atoms with Gasteiger partial charge in [0.25, 0.3) is 0 Å². The summed E-state index contributed by atoms with van der Waals surface area (Å²) < 4.78 is 64.5. The number of sulfonamides is 1. The number of halogens is 3. The molecule has 0 atom stereocenters. The highest BCUT2D eigenvalue weighted by atomic mass is 32.2. The molecule has 2 rings (SSSR count). The van der Waals surface area contributed by atoms with Gasteiger partial charge in [0, 0.05) is 19.5 Å². The van der Waals surface area contributed by atoms with Crippen LogP contribution in [0.2, 0.25) is 0 Å². The molecule has 0 aliphatic rings. The number of anilines is 1. The van der Waals surface area contributed by atoms with Crippen LogP contribution < -0.4 is 5.32 Å². The van der Waals surface area contributed by atoms with Crippen LogP contribution in [0.25, 0.3) is 0 Å². The van der Waals surface area contributed by atoms with Crippen molar-refractivity contribution >= 4 is 21.6 Å². The fourth-order valence-electron chi connectivity index (χ4n) is 2.21. The molecule has 0 bridgehead atoms. The van der Waals surface area contributed by atoms with Crippen molar-refractivity contribution in [2.45, 2.75) is 13.0 Å². The molecule has 140 valence electrons. The van der Waals surface area contributed by atoms with E-state index in [2.05, 4.69) is 5.32 Å². The van der Waals surface area contributed by atoms with Crippen LogP contribution in [0.15, 0.2) is 42.5 Å². The first-order chi connectivity index (χ1) is 12.2. The highest BCUT2D eigenvalue weighted by Crippen LogP contribution is 2.20. The van der Waals surface area contributed by atoms with E-state index in [0.29, 0.717) is 6.07 Å². The van der Waals surface area contributed by atoms with E-state index < -0.39 is 39.1 Å². The summed E-state index contributed by atoms with van der Waals surface area (Å²) in [4.78, 5) is 11.9. The Hall–Kier alpha value is -2.39. The van der Waals surface area contributed by atoms with Gasteiger partial charge in [-0.25, -0.2) is 21.6 Å². The number of benzene rings is 2. The molecular formula is C17H17F3N2O3S. The molecule has 26 heavy (non-hydrogen) atoms. The molecule has 0 spiro atoms. The molecule has 9 heteroatoms. The predicted molar refractivity (Wildman–Crippen MR) is 91.3 cm³/mol. The Morgan fingerprint density at radius 3 is 2.31 bits per heavy atom. The molecule has 2 aromatic rings. The number of nitrogens with one attached hydrogen (secondary N) is 1. The topological polar surface area (TPSA) is 66.5 Å². The Morgan fingerprint density at radius 1 is 1.04 bits per heavy atom. The highest BCUT2D eigenvalue weighted by Gasteiger charge is 2.20. The standard InChI is InChI=1S/C17H17F3N2O3S/c1-26(24,25)22(11-12-5-3-2-4-6-12)10-9-15(23)21-14-8-7-13(18)16(19)17(14)20/h2-8H,9-11H2,1H3,(H,21,23). The third kappa shape index (κ3) is 5.30. The average Bonchev–Trinajstić information content (AvgIpc) is 2.59. The number of hydrogen-bond donors (Lipinski definition) is 1. The second kappa shape index (κ2) is 8.33. The third-order valence-corrected chi connectivity index (χ3v) is 4.82. The van der Waals surface area contributed by atoms with Crippen molar-refractivity contribution in [3.05, 3.63) is 65.5 Å². The maximum Gasteiger partial charge on any atom is 0.225 e. The van der Waals surface area contributed by atoms with Crippen LogP contribution in [-0.2, 0) is 21.4 Å². The number of carbonyl (C=O) groups is 1. The Labute approximate surface area is 149 Å². The maximum atomic E-state index is 13.6. The van der Waals surface area contributed by atoms with Crippen molar-refractivity contribution in [3.8, 4) is 0 Å². The van der Waals surface area contributed by atoms with Gasteiger partial charge in [0.05, 0.1) is 11.9 Å². The molecule has 1 N–H and O–H groups in total. The fraction of sp³-hybridized carbons (Fsp3) is 0.235. The summed E-state index contributed by atoms with van der Waals surface area (Å²) in [6.07, 6.45) is 0.737. The van der Waals surface area contributed by atoms with Gasteiger partial charge in [-0.15, -0.1) is 0 Å². The first kappa shape index (κ1) is 19.9. The summed E-state index contributed by atoms with van der Waals surface area (Å²) in [6.45, 7) is -0.0721. The molecule has 0 heterocycles. The summed E-state index contributed by atoms with van der Waals surface area (Å²) in [5.74, 6) is -5.30. The van der Waals surface area contributed by atoms with E-state index in [1.165, 1.54) is 0 Å². The van der Waals surface area contributed by atoms with Crippen molar-refractivity contribution in [2.24, 2.45) is 0 Å². The van der Waals surface area contributed by atoms with Gasteiger partial charge < -0.3 is 5.32 Å². The minimum Gasteiger partial charge on any atom is -0.323 e.